The molecule has 17 heavy (non-hydrogen) atoms. The van der Waals surface area contributed by atoms with Gasteiger partial charge in [-0.15, -0.1) is 0 Å². The second kappa shape index (κ2) is 4.60. The van der Waals surface area contributed by atoms with Crippen molar-refractivity contribution < 1.29 is 13.9 Å². The number of halogens is 1. The van der Waals surface area contributed by atoms with Gasteiger partial charge in [0.15, 0.2) is 0 Å². The highest BCUT2D eigenvalue weighted by Crippen LogP contribution is 2.41. The minimum Gasteiger partial charge on any atom is -0.496 e. The zero-order valence-corrected chi connectivity index (χ0v) is 9.78. The van der Waals surface area contributed by atoms with E-state index in [9.17, 15) is 4.39 Å². The van der Waals surface area contributed by atoms with E-state index in [4.69, 9.17) is 20.9 Å². The zero-order chi connectivity index (χ0) is 12.5. The highest BCUT2D eigenvalue weighted by atomic mass is 19.1. The molecule has 1 aromatic carbocycles. The lowest BCUT2D eigenvalue weighted by atomic mass is 9.75. The standard InChI is InChI=1S/C12H17FN2O2/c1-16-10-3-2-8(13)4-9(10)11(15)12(5-14)6-17-7-12/h2-4,11H,5-7,14-15H2,1H3. The van der Waals surface area contributed by atoms with Crippen molar-refractivity contribution in [3.05, 3.63) is 29.6 Å². The van der Waals surface area contributed by atoms with Crippen molar-refractivity contribution in [2.75, 3.05) is 26.9 Å². The molecule has 1 aliphatic heterocycles. The van der Waals surface area contributed by atoms with Crippen LogP contribution in [0.25, 0.3) is 0 Å². The van der Waals surface area contributed by atoms with E-state index in [0.29, 0.717) is 31.1 Å². The number of benzene rings is 1. The van der Waals surface area contributed by atoms with E-state index in [2.05, 4.69) is 0 Å². The molecular formula is C12H17FN2O2. The van der Waals surface area contributed by atoms with Crippen LogP contribution < -0.4 is 16.2 Å². The average molecular weight is 240 g/mol. The fraction of sp³-hybridized carbons (Fsp3) is 0.500. The molecule has 5 heteroatoms. The maximum absolute atomic E-state index is 13.3. The largest absolute Gasteiger partial charge is 0.496 e. The van der Waals surface area contributed by atoms with E-state index in [1.807, 2.05) is 0 Å². The third kappa shape index (κ3) is 2.01. The van der Waals surface area contributed by atoms with Crippen molar-refractivity contribution >= 4 is 0 Å². The molecule has 0 amide bonds. The quantitative estimate of drug-likeness (QED) is 0.817. The summed E-state index contributed by atoms with van der Waals surface area (Å²) < 4.78 is 23.7. The predicted molar refractivity (Wildman–Crippen MR) is 62.2 cm³/mol. The Kier molecular flexibility index (Phi) is 3.33. The van der Waals surface area contributed by atoms with Crippen LogP contribution in [0.3, 0.4) is 0 Å². The Bertz CT molecular complexity index is 402. The molecule has 2 rings (SSSR count). The monoisotopic (exact) mass is 240 g/mol. The van der Waals surface area contributed by atoms with Crippen LogP contribution in [0.1, 0.15) is 11.6 Å². The van der Waals surface area contributed by atoms with Crippen molar-refractivity contribution in [1.29, 1.82) is 0 Å². The van der Waals surface area contributed by atoms with E-state index in [1.54, 1.807) is 6.07 Å². The molecular weight excluding hydrogens is 223 g/mol. The fourth-order valence-electron chi connectivity index (χ4n) is 2.07. The Labute approximate surface area is 99.7 Å². The van der Waals surface area contributed by atoms with Gasteiger partial charge in [0.2, 0.25) is 0 Å². The predicted octanol–water partition coefficient (Wildman–Crippen LogP) is 0.809. The van der Waals surface area contributed by atoms with Crippen LogP contribution in [0.5, 0.6) is 5.75 Å². The van der Waals surface area contributed by atoms with Crippen molar-refractivity contribution in [3.63, 3.8) is 0 Å². The maximum Gasteiger partial charge on any atom is 0.123 e. The van der Waals surface area contributed by atoms with Gasteiger partial charge in [0.25, 0.3) is 0 Å². The normalized spacial score (nSPS) is 19.5. The van der Waals surface area contributed by atoms with Crippen molar-refractivity contribution in [2.24, 2.45) is 16.9 Å². The van der Waals surface area contributed by atoms with Gasteiger partial charge in [-0.2, -0.15) is 0 Å². The molecule has 4 N–H and O–H groups in total. The lowest BCUT2D eigenvalue weighted by Crippen LogP contribution is -2.55. The Morgan fingerprint density at radius 3 is 2.71 bits per heavy atom. The van der Waals surface area contributed by atoms with E-state index in [-0.39, 0.29) is 17.3 Å². The molecule has 0 radical (unpaired) electrons. The summed E-state index contributed by atoms with van der Waals surface area (Å²) in [6.45, 7) is 1.42. The second-order valence-electron chi connectivity index (χ2n) is 4.42. The summed E-state index contributed by atoms with van der Waals surface area (Å²) in [5, 5.41) is 0. The van der Waals surface area contributed by atoms with Crippen molar-refractivity contribution in [1.82, 2.24) is 0 Å². The SMILES string of the molecule is COc1ccc(F)cc1C(N)C1(CN)COC1. The molecule has 1 fully saturated rings. The molecule has 0 bridgehead atoms. The summed E-state index contributed by atoms with van der Waals surface area (Å²) in [5.41, 5.74) is 12.3. The third-order valence-corrected chi connectivity index (χ3v) is 3.37. The lowest BCUT2D eigenvalue weighted by molar-refractivity contribution is -0.121. The van der Waals surface area contributed by atoms with Crippen molar-refractivity contribution in [3.8, 4) is 5.75 Å². The van der Waals surface area contributed by atoms with Gasteiger partial charge in [-0.3, -0.25) is 0 Å². The maximum atomic E-state index is 13.3. The van der Waals surface area contributed by atoms with Gasteiger partial charge in [-0.05, 0) is 18.2 Å². The average Bonchev–Trinajstić information content (AvgIpc) is 2.28. The summed E-state index contributed by atoms with van der Waals surface area (Å²) in [7, 11) is 1.54. The summed E-state index contributed by atoms with van der Waals surface area (Å²) >= 11 is 0. The summed E-state index contributed by atoms with van der Waals surface area (Å²) in [6.07, 6.45) is 0. The molecule has 0 aromatic heterocycles. The van der Waals surface area contributed by atoms with Crippen LogP contribution >= 0.6 is 0 Å². The fourth-order valence-corrected chi connectivity index (χ4v) is 2.07. The number of ether oxygens (including phenoxy) is 2. The summed E-state index contributed by atoms with van der Waals surface area (Å²) in [4.78, 5) is 0. The van der Waals surface area contributed by atoms with Gasteiger partial charge < -0.3 is 20.9 Å². The van der Waals surface area contributed by atoms with Gasteiger partial charge in [-0.25, -0.2) is 4.39 Å². The van der Waals surface area contributed by atoms with Crippen molar-refractivity contribution in [2.45, 2.75) is 6.04 Å². The first-order valence-corrected chi connectivity index (χ1v) is 5.50. The molecule has 1 heterocycles. The van der Waals surface area contributed by atoms with E-state index in [0.717, 1.165) is 0 Å². The minimum atomic E-state index is -0.383. The number of rotatable bonds is 4. The molecule has 0 spiro atoms. The van der Waals surface area contributed by atoms with Crippen LogP contribution in [-0.2, 0) is 4.74 Å². The van der Waals surface area contributed by atoms with E-state index < -0.39 is 0 Å². The first kappa shape index (κ1) is 12.3. The molecule has 1 atom stereocenters. The molecule has 94 valence electrons. The molecule has 0 saturated carbocycles. The number of hydrogen-bond acceptors (Lipinski definition) is 4. The van der Waals surface area contributed by atoms with Crippen LogP contribution in [0, 0.1) is 11.2 Å². The van der Waals surface area contributed by atoms with Gasteiger partial charge in [0.1, 0.15) is 11.6 Å². The number of hydrogen-bond donors (Lipinski definition) is 2. The van der Waals surface area contributed by atoms with Gasteiger partial charge in [0, 0.05) is 23.6 Å². The van der Waals surface area contributed by atoms with Gasteiger partial charge in [-0.1, -0.05) is 0 Å². The Balaban J connectivity index is 2.35. The van der Waals surface area contributed by atoms with Crippen LogP contribution in [0.15, 0.2) is 18.2 Å². The lowest BCUT2D eigenvalue weighted by Gasteiger charge is -2.45. The topological polar surface area (TPSA) is 70.5 Å². The van der Waals surface area contributed by atoms with Crippen LogP contribution in [0.2, 0.25) is 0 Å². The molecule has 0 aliphatic carbocycles. The highest BCUT2D eigenvalue weighted by Gasteiger charge is 2.44. The molecule has 1 saturated heterocycles. The molecule has 1 unspecified atom stereocenters. The molecule has 1 aromatic rings. The number of methoxy groups -OCH3 is 1. The Morgan fingerprint density at radius 2 is 2.24 bits per heavy atom. The number of nitrogens with two attached hydrogens (primary N) is 2. The van der Waals surface area contributed by atoms with E-state index >= 15 is 0 Å². The summed E-state index contributed by atoms with van der Waals surface area (Å²) in [5.74, 6) is 0.252. The zero-order valence-electron chi connectivity index (χ0n) is 9.78. The highest BCUT2D eigenvalue weighted by molar-refractivity contribution is 5.38. The molecule has 1 aliphatic rings. The minimum absolute atomic E-state index is 0.304. The first-order chi connectivity index (χ1) is 8.13. The van der Waals surface area contributed by atoms with Crippen LogP contribution in [-0.4, -0.2) is 26.9 Å². The third-order valence-electron chi connectivity index (χ3n) is 3.37. The molecule has 4 nitrogen and oxygen atoms in total. The second-order valence-corrected chi connectivity index (χ2v) is 4.42. The Hall–Kier alpha value is -1.17. The van der Waals surface area contributed by atoms with Gasteiger partial charge in [0.05, 0.1) is 20.3 Å². The smallest absolute Gasteiger partial charge is 0.123 e. The van der Waals surface area contributed by atoms with Crippen LogP contribution in [0.4, 0.5) is 4.39 Å². The van der Waals surface area contributed by atoms with Gasteiger partial charge >= 0.3 is 0 Å². The first-order valence-electron chi connectivity index (χ1n) is 5.50. The summed E-state index contributed by atoms with van der Waals surface area (Å²) in [6, 6.07) is 3.95. The van der Waals surface area contributed by atoms with E-state index in [1.165, 1.54) is 19.2 Å². The Morgan fingerprint density at radius 1 is 1.53 bits per heavy atom.